The van der Waals surface area contributed by atoms with Crippen LogP contribution in [0.2, 0.25) is 0 Å². The Labute approximate surface area is 96.9 Å². The maximum atomic E-state index is 12.0. The third-order valence-electron chi connectivity index (χ3n) is 1.77. The normalized spacial score (nSPS) is 12.4. The van der Waals surface area contributed by atoms with Gasteiger partial charge in [-0.25, -0.2) is 0 Å². The summed E-state index contributed by atoms with van der Waals surface area (Å²) in [5.41, 5.74) is -0.195. The molecule has 0 saturated heterocycles. The lowest BCUT2D eigenvalue weighted by Crippen LogP contribution is -2.24. The fourth-order valence-electron chi connectivity index (χ4n) is 1.25. The third kappa shape index (κ3) is 3.18. The van der Waals surface area contributed by atoms with Crippen LogP contribution in [-0.4, -0.2) is 14.0 Å². The zero-order valence-corrected chi connectivity index (χ0v) is 10.5. The van der Waals surface area contributed by atoms with E-state index in [1.165, 1.54) is 12.1 Å². The number of hydrogen-bond donors (Lipinski definition) is 0. The molecule has 1 aromatic rings. The zero-order valence-electron chi connectivity index (χ0n) is 9.73. The van der Waals surface area contributed by atoms with Crippen molar-refractivity contribution in [2.75, 3.05) is 0 Å². The lowest BCUT2D eigenvalue weighted by atomic mass is 10.2. The zero-order chi connectivity index (χ0) is 12.4. The molecule has 0 heterocycles. The highest BCUT2D eigenvalue weighted by molar-refractivity contribution is 7.86. The van der Waals surface area contributed by atoms with Crippen molar-refractivity contribution in [3.05, 3.63) is 36.4 Å². The standard InChI is InChI=1S/C12H16O3S/c1-5-10-8-6-7-9-11(10)16(13,14)15-12(2,3)4/h5-9H,1H2,2-4H3. The van der Waals surface area contributed by atoms with E-state index in [0.29, 0.717) is 5.56 Å². The molecule has 1 rings (SSSR count). The van der Waals surface area contributed by atoms with Gasteiger partial charge in [-0.1, -0.05) is 30.9 Å². The van der Waals surface area contributed by atoms with Gasteiger partial charge in [0.15, 0.2) is 0 Å². The van der Waals surface area contributed by atoms with E-state index in [4.69, 9.17) is 4.18 Å². The first-order valence-electron chi connectivity index (χ1n) is 4.93. The van der Waals surface area contributed by atoms with Crippen molar-refractivity contribution in [2.45, 2.75) is 31.3 Å². The Morgan fingerprint density at radius 2 is 1.81 bits per heavy atom. The first kappa shape index (κ1) is 12.9. The monoisotopic (exact) mass is 240 g/mol. The van der Waals surface area contributed by atoms with Gasteiger partial charge in [0.25, 0.3) is 10.1 Å². The van der Waals surface area contributed by atoms with Gasteiger partial charge in [-0.3, -0.25) is 4.18 Å². The number of rotatable bonds is 3. The Balaban J connectivity index is 3.23. The van der Waals surface area contributed by atoms with Crippen LogP contribution < -0.4 is 0 Å². The molecule has 0 amide bonds. The molecule has 1 aromatic carbocycles. The van der Waals surface area contributed by atoms with Crippen molar-refractivity contribution < 1.29 is 12.6 Å². The summed E-state index contributed by atoms with van der Waals surface area (Å²) in [6, 6.07) is 6.61. The molecule has 3 nitrogen and oxygen atoms in total. The van der Waals surface area contributed by atoms with E-state index in [1.54, 1.807) is 39.0 Å². The summed E-state index contributed by atoms with van der Waals surface area (Å²) in [4.78, 5) is 0.153. The molecular formula is C12H16O3S. The van der Waals surface area contributed by atoms with Crippen LogP contribution in [0.4, 0.5) is 0 Å². The smallest absolute Gasteiger partial charge is 0.261 e. The van der Waals surface area contributed by atoms with E-state index in [9.17, 15) is 8.42 Å². The van der Waals surface area contributed by atoms with Crippen molar-refractivity contribution in [3.8, 4) is 0 Å². The summed E-state index contributed by atoms with van der Waals surface area (Å²) in [6.07, 6.45) is 1.50. The second-order valence-corrected chi connectivity index (χ2v) is 5.91. The van der Waals surface area contributed by atoms with Gasteiger partial charge < -0.3 is 0 Å². The number of benzene rings is 1. The summed E-state index contributed by atoms with van der Waals surface area (Å²) in [7, 11) is -3.73. The average Bonchev–Trinajstić information content (AvgIpc) is 2.14. The van der Waals surface area contributed by atoms with Crippen LogP contribution in [0, 0.1) is 0 Å². The van der Waals surface area contributed by atoms with Crippen molar-refractivity contribution in [1.82, 2.24) is 0 Å². The first-order chi connectivity index (χ1) is 7.26. The molecule has 0 saturated carbocycles. The maximum Gasteiger partial charge on any atom is 0.298 e. The van der Waals surface area contributed by atoms with E-state index in [1.807, 2.05) is 0 Å². The van der Waals surface area contributed by atoms with Gasteiger partial charge in [0.2, 0.25) is 0 Å². The second-order valence-electron chi connectivity index (χ2n) is 4.39. The third-order valence-corrected chi connectivity index (χ3v) is 3.40. The van der Waals surface area contributed by atoms with E-state index in [0.717, 1.165) is 0 Å². The summed E-state index contributed by atoms with van der Waals surface area (Å²) in [6.45, 7) is 8.67. The van der Waals surface area contributed by atoms with E-state index >= 15 is 0 Å². The van der Waals surface area contributed by atoms with Crippen LogP contribution in [0.1, 0.15) is 26.3 Å². The van der Waals surface area contributed by atoms with Crippen molar-refractivity contribution in [3.63, 3.8) is 0 Å². The molecule has 0 unspecified atom stereocenters. The number of hydrogen-bond acceptors (Lipinski definition) is 3. The van der Waals surface area contributed by atoms with Gasteiger partial charge in [-0.15, -0.1) is 0 Å². The van der Waals surface area contributed by atoms with Crippen molar-refractivity contribution in [2.24, 2.45) is 0 Å². The van der Waals surface area contributed by atoms with Gasteiger partial charge in [-0.05, 0) is 32.4 Å². The highest BCUT2D eigenvalue weighted by Crippen LogP contribution is 2.23. The van der Waals surface area contributed by atoms with Crippen LogP contribution in [-0.2, 0) is 14.3 Å². The van der Waals surface area contributed by atoms with Crippen LogP contribution in [0.5, 0.6) is 0 Å². The Bertz CT molecular complexity index is 481. The van der Waals surface area contributed by atoms with Gasteiger partial charge in [0.1, 0.15) is 4.90 Å². The molecule has 0 aromatic heterocycles. The molecule has 0 bridgehead atoms. The van der Waals surface area contributed by atoms with Crippen molar-refractivity contribution >= 4 is 16.2 Å². The van der Waals surface area contributed by atoms with Gasteiger partial charge in [0, 0.05) is 0 Å². The maximum absolute atomic E-state index is 12.0. The highest BCUT2D eigenvalue weighted by atomic mass is 32.2. The SMILES string of the molecule is C=Cc1ccccc1S(=O)(=O)OC(C)(C)C. The summed E-state index contributed by atoms with van der Waals surface area (Å²) >= 11 is 0. The van der Waals surface area contributed by atoms with Crippen LogP contribution >= 0.6 is 0 Å². The Hall–Kier alpha value is -1.13. The largest absolute Gasteiger partial charge is 0.298 e. The van der Waals surface area contributed by atoms with E-state index in [-0.39, 0.29) is 4.90 Å². The minimum absolute atomic E-state index is 0.153. The second kappa shape index (κ2) is 4.39. The average molecular weight is 240 g/mol. The van der Waals surface area contributed by atoms with E-state index < -0.39 is 15.7 Å². The lowest BCUT2D eigenvalue weighted by molar-refractivity contribution is 0.139. The molecular weight excluding hydrogens is 224 g/mol. The minimum atomic E-state index is -3.73. The molecule has 0 aliphatic rings. The van der Waals surface area contributed by atoms with Crippen LogP contribution in [0.15, 0.2) is 35.7 Å². The topological polar surface area (TPSA) is 43.4 Å². The van der Waals surface area contributed by atoms with E-state index in [2.05, 4.69) is 6.58 Å². The molecule has 4 heteroatoms. The first-order valence-corrected chi connectivity index (χ1v) is 6.34. The molecule has 0 fully saturated rings. The molecule has 0 radical (unpaired) electrons. The van der Waals surface area contributed by atoms with Gasteiger partial charge >= 0.3 is 0 Å². The van der Waals surface area contributed by atoms with Crippen molar-refractivity contribution in [1.29, 1.82) is 0 Å². The molecule has 88 valence electrons. The van der Waals surface area contributed by atoms with Crippen LogP contribution in [0.25, 0.3) is 6.08 Å². The van der Waals surface area contributed by atoms with Crippen LogP contribution in [0.3, 0.4) is 0 Å². The summed E-state index contributed by atoms with van der Waals surface area (Å²) < 4.78 is 29.0. The molecule has 16 heavy (non-hydrogen) atoms. The fourth-order valence-corrected chi connectivity index (χ4v) is 2.68. The Morgan fingerprint density at radius 1 is 1.25 bits per heavy atom. The lowest BCUT2D eigenvalue weighted by Gasteiger charge is -2.19. The predicted molar refractivity (Wildman–Crippen MR) is 64.6 cm³/mol. The predicted octanol–water partition coefficient (Wildman–Crippen LogP) is 2.83. The molecule has 0 N–H and O–H groups in total. The Kier molecular flexibility index (Phi) is 3.55. The highest BCUT2D eigenvalue weighted by Gasteiger charge is 2.25. The Morgan fingerprint density at radius 3 is 2.31 bits per heavy atom. The fraction of sp³-hybridized carbons (Fsp3) is 0.333. The molecule has 0 aliphatic heterocycles. The van der Waals surface area contributed by atoms with Gasteiger partial charge in [0.05, 0.1) is 5.60 Å². The minimum Gasteiger partial charge on any atom is -0.261 e. The van der Waals surface area contributed by atoms with Gasteiger partial charge in [-0.2, -0.15) is 8.42 Å². The summed E-state index contributed by atoms with van der Waals surface area (Å²) in [5.74, 6) is 0. The summed E-state index contributed by atoms with van der Waals surface area (Å²) in [5, 5.41) is 0. The molecule has 0 aliphatic carbocycles. The molecule has 0 spiro atoms. The quantitative estimate of drug-likeness (QED) is 0.763. The molecule has 0 atom stereocenters.